The quantitative estimate of drug-likeness (QED) is 0.579. The van der Waals surface area contributed by atoms with Crippen LogP contribution in [0.4, 0.5) is 15.8 Å². The minimum atomic E-state index is -0.470. The minimum Gasteiger partial charge on any atom is -0.494 e. The molecule has 0 spiro atoms. The number of carbonyl (C=O) groups is 2. The third-order valence-electron chi connectivity index (χ3n) is 4.94. The third kappa shape index (κ3) is 4.05. The maximum Gasteiger partial charge on any atom is 0.282 e. The van der Waals surface area contributed by atoms with Gasteiger partial charge in [-0.1, -0.05) is 29.8 Å². The molecule has 3 aromatic rings. The number of halogens is 1. The van der Waals surface area contributed by atoms with Crippen molar-refractivity contribution in [1.29, 1.82) is 0 Å². The molecule has 0 bridgehead atoms. The van der Waals surface area contributed by atoms with E-state index in [1.807, 2.05) is 26.0 Å². The summed E-state index contributed by atoms with van der Waals surface area (Å²) in [6.45, 7) is 4.37. The number of hydrogen-bond acceptors (Lipinski definition) is 4. The molecule has 2 amide bonds. The van der Waals surface area contributed by atoms with Crippen molar-refractivity contribution in [3.05, 3.63) is 95.4 Å². The number of aryl methyl sites for hydroxylation is 1. The lowest BCUT2D eigenvalue weighted by molar-refractivity contribution is -0.120. The molecule has 0 saturated carbocycles. The number of nitrogens with zero attached hydrogens (tertiary/aromatic N) is 1. The zero-order valence-corrected chi connectivity index (χ0v) is 17.2. The van der Waals surface area contributed by atoms with Gasteiger partial charge in [-0.05, 0) is 67.9 Å². The lowest BCUT2D eigenvalue weighted by atomic mass is 10.0. The summed E-state index contributed by atoms with van der Waals surface area (Å²) in [6.07, 6.45) is 0. The van der Waals surface area contributed by atoms with Gasteiger partial charge in [-0.15, -0.1) is 0 Å². The smallest absolute Gasteiger partial charge is 0.282 e. The number of ether oxygens (including phenoxy) is 1. The van der Waals surface area contributed by atoms with Gasteiger partial charge in [-0.25, -0.2) is 9.29 Å². The second kappa shape index (κ2) is 8.44. The summed E-state index contributed by atoms with van der Waals surface area (Å²) in [7, 11) is 0. The number of carbonyl (C=O) groups excluding carboxylic acids is 2. The van der Waals surface area contributed by atoms with E-state index in [0.717, 1.165) is 10.5 Å². The molecule has 0 radical (unpaired) electrons. The molecule has 5 nitrogen and oxygen atoms in total. The zero-order valence-electron chi connectivity index (χ0n) is 17.2. The maximum absolute atomic E-state index is 13.5. The molecule has 4 rings (SSSR count). The van der Waals surface area contributed by atoms with Crippen molar-refractivity contribution < 1.29 is 18.7 Å². The first-order chi connectivity index (χ1) is 15.0. The molecule has 1 aliphatic heterocycles. The molecule has 0 fully saturated rings. The first-order valence-corrected chi connectivity index (χ1v) is 9.93. The Hall–Kier alpha value is -3.93. The van der Waals surface area contributed by atoms with Crippen LogP contribution in [0.5, 0.6) is 5.75 Å². The van der Waals surface area contributed by atoms with Crippen molar-refractivity contribution in [2.75, 3.05) is 16.8 Å². The fourth-order valence-electron chi connectivity index (χ4n) is 3.40. The molecule has 1 heterocycles. The highest BCUT2D eigenvalue weighted by Crippen LogP contribution is 2.34. The van der Waals surface area contributed by atoms with Crippen molar-refractivity contribution in [2.45, 2.75) is 13.8 Å². The van der Waals surface area contributed by atoms with Crippen LogP contribution in [0.15, 0.2) is 78.5 Å². The Bertz CT molecular complexity index is 1150. The summed E-state index contributed by atoms with van der Waals surface area (Å²) in [4.78, 5) is 27.8. The van der Waals surface area contributed by atoms with Gasteiger partial charge < -0.3 is 10.1 Å². The largest absolute Gasteiger partial charge is 0.494 e. The van der Waals surface area contributed by atoms with Gasteiger partial charge in [-0.2, -0.15) is 0 Å². The topological polar surface area (TPSA) is 58.6 Å². The monoisotopic (exact) mass is 416 g/mol. The molecule has 3 aromatic carbocycles. The SMILES string of the molecule is CCOc1ccc(NC2=C(c3ccc(F)cc3)C(=O)N(c3ccc(C)cc3)C2=O)cc1. The van der Waals surface area contributed by atoms with Crippen LogP contribution in [-0.4, -0.2) is 18.4 Å². The second-order valence-electron chi connectivity index (χ2n) is 7.12. The van der Waals surface area contributed by atoms with Crippen LogP contribution in [0, 0.1) is 12.7 Å². The predicted molar refractivity (Wildman–Crippen MR) is 118 cm³/mol. The summed E-state index contributed by atoms with van der Waals surface area (Å²) in [5.74, 6) is -0.649. The van der Waals surface area contributed by atoms with E-state index in [-0.39, 0.29) is 11.3 Å². The molecular formula is C25H21FN2O3. The molecule has 0 aliphatic carbocycles. The standard InChI is InChI=1S/C25H21FN2O3/c1-3-31-21-14-10-19(11-15-21)27-23-22(17-6-8-18(26)9-7-17)24(29)28(25(23)30)20-12-4-16(2)5-13-20/h4-15,27H,3H2,1-2H3. The van der Waals surface area contributed by atoms with E-state index in [1.54, 1.807) is 36.4 Å². The number of hydrogen-bond donors (Lipinski definition) is 1. The van der Waals surface area contributed by atoms with Gasteiger partial charge in [0.15, 0.2) is 0 Å². The Labute approximate surface area is 179 Å². The Balaban J connectivity index is 1.75. The molecule has 1 N–H and O–H groups in total. The van der Waals surface area contributed by atoms with E-state index >= 15 is 0 Å². The highest BCUT2D eigenvalue weighted by molar-refractivity contribution is 6.46. The fraction of sp³-hybridized carbons (Fsp3) is 0.120. The first-order valence-electron chi connectivity index (χ1n) is 9.93. The molecule has 31 heavy (non-hydrogen) atoms. The second-order valence-corrected chi connectivity index (χ2v) is 7.12. The summed E-state index contributed by atoms with van der Waals surface area (Å²) in [5, 5.41) is 3.08. The Morgan fingerprint density at radius 2 is 1.52 bits per heavy atom. The van der Waals surface area contributed by atoms with Gasteiger partial charge in [0.2, 0.25) is 0 Å². The van der Waals surface area contributed by atoms with Crippen LogP contribution in [0.25, 0.3) is 5.57 Å². The molecule has 6 heteroatoms. The van der Waals surface area contributed by atoms with Crippen LogP contribution in [-0.2, 0) is 9.59 Å². The van der Waals surface area contributed by atoms with Crippen molar-refractivity contribution in [1.82, 2.24) is 0 Å². The molecule has 0 aromatic heterocycles. The van der Waals surface area contributed by atoms with E-state index in [4.69, 9.17) is 4.74 Å². The Morgan fingerprint density at radius 1 is 0.871 bits per heavy atom. The third-order valence-corrected chi connectivity index (χ3v) is 4.94. The normalized spacial score (nSPS) is 13.7. The summed E-state index contributed by atoms with van der Waals surface area (Å²) in [6, 6.07) is 19.8. The average molecular weight is 416 g/mol. The Morgan fingerprint density at radius 3 is 2.13 bits per heavy atom. The van der Waals surface area contributed by atoms with E-state index < -0.39 is 17.6 Å². The van der Waals surface area contributed by atoms with E-state index in [1.165, 1.54) is 24.3 Å². The molecule has 156 valence electrons. The fourth-order valence-corrected chi connectivity index (χ4v) is 3.40. The number of anilines is 2. The Kier molecular flexibility index (Phi) is 5.54. The van der Waals surface area contributed by atoms with Gasteiger partial charge in [-0.3, -0.25) is 9.59 Å². The summed E-state index contributed by atoms with van der Waals surface area (Å²) >= 11 is 0. The number of rotatable bonds is 6. The van der Waals surface area contributed by atoms with E-state index in [2.05, 4.69) is 5.32 Å². The van der Waals surface area contributed by atoms with Gasteiger partial charge in [0.05, 0.1) is 17.9 Å². The average Bonchev–Trinajstić information content (AvgIpc) is 3.01. The first kappa shape index (κ1) is 20.3. The van der Waals surface area contributed by atoms with Gasteiger partial charge in [0.25, 0.3) is 11.8 Å². The molecule has 0 atom stereocenters. The van der Waals surface area contributed by atoms with Crippen molar-refractivity contribution >= 4 is 28.8 Å². The van der Waals surface area contributed by atoms with Crippen LogP contribution < -0.4 is 15.0 Å². The zero-order chi connectivity index (χ0) is 22.0. The number of nitrogens with one attached hydrogen (secondary N) is 1. The lowest BCUT2D eigenvalue weighted by Crippen LogP contribution is -2.32. The van der Waals surface area contributed by atoms with Gasteiger partial charge >= 0.3 is 0 Å². The summed E-state index contributed by atoms with van der Waals surface area (Å²) < 4.78 is 18.9. The molecule has 0 unspecified atom stereocenters. The van der Waals surface area contributed by atoms with Crippen LogP contribution in [0.1, 0.15) is 18.1 Å². The number of imide groups is 1. The van der Waals surface area contributed by atoms with Crippen molar-refractivity contribution in [3.63, 3.8) is 0 Å². The lowest BCUT2D eigenvalue weighted by Gasteiger charge is -2.15. The van der Waals surface area contributed by atoms with Crippen LogP contribution in [0.3, 0.4) is 0 Å². The molecule has 1 aliphatic rings. The van der Waals surface area contributed by atoms with Gasteiger partial charge in [0.1, 0.15) is 17.3 Å². The molecular weight excluding hydrogens is 395 g/mol. The van der Waals surface area contributed by atoms with Crippen LogP contribution in [0.2, 0.25) is 0 Å². The molecule has 0 saturated heterocycles. The van der Waals surface area contributed by atoms with E-state index in [9.17, 15) is 14.0 Å². The highest BCUT2D eigenvalue weighted by Gasteiger charge is 2.40. The minimum absolute atomic E-state index is 0.140. The van der Waals surface area contributed by atoms with E-state index in [0.29, 0.717) is 29.3 Å². The van der Waals surface area contributed by atoms with Gasteiger partial charge in [0, 0.05) is 5.69 Å². The predicted octanol–water partition coefficient (Wildman–Crippen LogP) is 4.93. The summed E-state index contributed by atoms with van der Waals surface area (Å²) in [5.41, 5.74) is 2.92. The number of benzene rings is 3. The van der Waals surface area contributed by atoms with Crippen molar-refractivity contribution in [2.24, 2.45) is 0 Å². The number of amides is 2. The maximum atomic E-state index is 13.5. The van der Waals surface area contributed by atoms with Crippen molar-refractivity contribution in [3.8, 4) is 5.75 Å². The van der Waals surface area contributed by atoms with Crippen LogP contribution >= 0.6 is 0 Å². The highest BCUT2D eigenvalue weighted by atomic mass is 19.1.